The van der Waals surface area contributed by atoms with Crippen molar-refractivity contribution in [2.45, 2.75) is 56.8 Å². The zero-order chi connectivity index (χ0) is 25.6. The molecule has 37 heavy (non-hydrogen) atoms. The SMILES string of the molecule is Cc1noc(-c2ccc(-c3ccc(C4(C(=O)O)CC4)cc3)cc2)c1CC(=O)C[C@H]1CCc2ccccc21. The molecule has 0 unspecified atom stereocenters. The van der Waals surface area contributed by atoms with Crippen molar-refractivity contribution < 1.29 is 19.2 Å². The van der Waals surface area contributed by atoms with Crippen LogP contribution in [0.5, 0.6) is 0 Å². The monoisotopic (exact) mass is 491 g/mol. The van der Waals surface area contributed by atoms with E-state index in [1.54, 1.807) is 0 Å². The van der Waals surface area contributed by atoms with Crippen LogP contribution < -0.4 is 0 Å². The molecule has 186 valence electrons. The van der Waals surface area contributed by atoms with E-state index in [2.05, 4.69) is 29.4 Å². The van der Waals surface area contributed by atoms with E-state index < -0.39 is 11.4 Å². The number of hydrogen-bond acceptors (Lipinski definition) is 4. The molecule has 1 atom stereocenters. The number of Topliss-reactive ketones (excluding diaryl/α,β-unsaturated/α-hetero) is 1. The van der Waals surface area contributed by atoms with Crippen LogP contribution >= 0.6 is 0 Å². The lowest BCUT2D eigenvalue weighted by molar-refractivity contribution is -0.140. The summed E-state index contributed by atoms with van der Waals surface area (Å²) in [6, 6.07) is 24.3. The maximum atomic E-state index is 13.1. The highest BCUT2D eigenvalue weighted by Crippen LogP contribution is 2.48. The van der Waals surface area contributed by atoms with Gasteiger partial charge in [-0.2, -0.15) is 0 Å². The Kier molecular flexibility index (Phi) is 5.79. The number of fused-ring (bicyclic) bond motifs is 1. The quantitative estimate of drug-likeness (QED) is 0.298. The van der Waals surface area contributed by atoms with Crippen molar-refractivity contribution in [1.29, 1.82) is 0 Å². The summed E-state index contributed by atoms with van der Waals surface area (Å²) in [5.41, 5.74) is 7.41. The molecule has 0 saturated heterocycles. The first-order valence-corrected chi connectivity index (χ1v) is 12.9. The minimum atomic E-state index is -0.741. The largest absolute Gasteiger partial charge is 0.481 e. The number of rotatable bonds is 8. The van der Waals surface area contributed by atoms with Crippen molar-refractivity contribution >= 4 is 11.8 Å². The molecule has 0 bridgehead atoms. The van der Waals surface area contributed by atoms with Gasteiger partial charge in [-0.05, 0) is 66.3 Å². The second kappa shape index (κ2) is 9.15. The molecule has 6 rings (SSSR count). The van der Waals surface area contributed by atoms with Gasteiger partial charge < -0.3 is 9.63 Å². The third kappa shape index (κ3) is 4.29. The molecule has 2 aliphatic carbocycles. The first-order chi connectivity index (χ1) is 17.9. The fourth-order valence-corrected chi connectivity index (χ4v) is 5.77. The minimum Gasteiger partial charge on any atom is -0.481 e. The molecular formula is C32H29NO4. The Balaban J connectivity index is 1.17. The number of ketones is 1. The number of benzene rings is 3. The molecule has 1 fully saturated rings. The highest BCUT2D eigenvalue weighted by atomic mass is 16.5. The fourth-order valence-electron chi connectivity index (χ4n) is 5.77. The highest BCUT2D eigenvalue weighted by Gasteiger charge is 2.51. The molecule has 3 aromatic carbocycles. The molecule has 0 amide bonds. The first-order valence-electron chi connectivity index (χ1n) is 12.9. The van der Waals surface area contributed by atoms with E-state index in [1.807, 2.05) is 55.5 Å². The standard InChI is InChI=1S/C32H29NO4/c1-20-29(19-27(34)18-25-11-8-23-4-2-3-5-28(23)25)30(37-33-20)24-9-6-21(7-10-24)22-12-14-26(15-13-22)32(16-17-32)31(35)36/h2-7,9-10,12-15,25H,8,11,16-19H2,1H3,(H,35,36)/t25-/m1/s1. The van der Waals surface area contributed by atoms with Crippen LogP contribution in [0, 0.1) is 6.92 Å². The summed E-state index contributed by atoms with van der Waals surface area (Å²) in [5.74, 6) is 0.412. The molecule has 2 aliphatic rings. The van der Waals surface area contributed by atoms with Crippen molar-refractivity contribution in [2.75, 3.05) is 0 Å². The second-order valence-corrected chi connectivity index (χ2v) is 10.5. The molecule has 0 aliphatic heterocycles. The lowest BCUT2D eigenvalue weighted by Crippen LogP contribution is -2.19. The van der Waals surface area contributed by atoms with Gasteiger partial charge in [0.25, 0.3) is 0 Å². The van der Waals surface area contributed by atoms with Crippen molar-refractivity contribution in [3.05, 3.63) is 101 Å². The van der Waals surface area contributed by atoms with Crippen molar-refractivity contribution in [1.82, 2.24) is 5.16 Å². The number of carboxylic acid groups (broad SMARTS) is 1. The third-order valence-corrected chi connectivity index (χ3v) is 8.17. The van der Waals surface area contributed by atoms with Crippen LogP contribution in [0.1, 0.15) is 59.5 Å². The van der Waals surface area contributed by atoms with Gasteiger partial charge in [-0.25, -0.2) is 0 Å². The molecule has 1 aromatic heterocycles. The average molecular weight is 492 g/mol. The maximum Gasteiger partial charge on any atom is 0.314 e. The Morgan fingerprint density at radius 1 is 0.946 bits per heavy atom. The number of carbonyl (C=O) groups excluding carboxylic acids is 1. The predicted octanol–water partition coefficient (Wildman–Crippen LogP) is 6.66. The van der Waals surface area contributed by atoms with Gasteiger partial charge in [0.05, 0.1) is 11.1 Å². The number of hydrogen-bond donors (Lipinski definition) is 1. The normalized spacial score (nSPS) is 17.4. The van der Waals surface area contributed by atoms with Gasteiger partial charge in [0.15, 0.2) is 5.76 Å². The van der Waals surface area contributed by atoms with Crippen LogP contribution in [-0.2, 0) is 27.8 Å². The number of nitrogens with zero attached hydrogens (tertiary/aromatic N) is 1. The van der Waals surface area contributed by atoms with E-state index in [4.69, 9.17) is 4.52 Å². The van der Waals surface area contributed by atoms with E-state index in [0.29, 0.717) is 37.4 Å². The summed E-state index contributed by atoms with van der Waals surface area (Å²) in [5, 5.41) is 13.7. The summed E-state index contributed by atoms with van der Waals surface area (Å²) in [4.78, 5) is 24.7. The number of aromatic nitrogens is 1. The smallest absolute Gasteiger partial charge is 0.314 e. The molecule has 5 heteroatoms. The predicted molar refractivity (Wildman–Crippen MR) is 141 cm³/mol. The van der Waals surface area contributed by atoms with Gasteiger partial charge in [0, 0.05) is 24.0 Å². The summed E-state index contributed by atoms with van der Waals surface area (Å²) in [6.45, 7) is 1.89. The van der Waals surface area contributed by atoms with Crippen LogP contribution in [0.15, 0.2) is 77.3 Å². The number of carbonyl (C=O) groups is 2. The summed E-state index contributed by atoms with van der Waals surface area (Å²) < 4.78 is 5.68. The van der Waals surface area contributed by atoms with Crippen LogP contribution in [0.4, 0.5) is 0 Å². The Morgan fingerprint density at radius 2 is 1.59 bits per heavy atom. The Morgan fingerprint density at radius 3 is 2.27 bits per heavy atom. The fraction of sp³-hybridized carbons (Fsp3) is 0.281. The molecule has 1 heterocycles. The number of aryl methyl sites for hydroxylation is 2. The maximum absolute atomic E-state index is 13.1. The van der Waals surface area contributed by atoms with Crippen molar-refractivity contribution in [3.8, 4) is 22.5 Å². The van der Waals surface area contributed by atoms with Crippen molar-refractivity contribution in [3.63, 3.8) is 0 Å². The van der Waals surface area contributed by atoms with Crippen LogP contribution in [0.3, 0.4) is 0 Å². The van der Waals surface area contributed by atoms with Gasteiger partial charge in [0.1, 0.15) is 5.78 Å². The third-order valence-electron chi connectivity index (χ3n) is 8.17. The topological polar surface area (TPSA) is 80.4 Å². The molecule has 5 nitrogen and oxygen atoms in total. The van der Waals surface area contributed by atoms with E-state index in [-0.39, 0.29) is 5.78 Å². The van der Waals surface area contributed by atoms with Gasteiger partial charge in [-0.15, -0.1) is 0 Å². The number of aliphatic carboxylic acids is 1. The highest BCUT2D eigenvalue weighted by molar-refractivity contribution is 5.85. The Hall–Kier alpha value is -3.99. The molecule has 0 radical (unpaired) electrons. The molecule has 1 N–H and O–H groups in total. The van der Waals surface area contributed by atoms with E-state index in [9.17, 15) is 14.7 Å². The molecule has 0 spiro atoms. The van der Waals surface area contributed by atoms with Gasteiger partial charge >= 0.3 is 5.97 Å². The average Bonchev–Trinajstić information content (AvgIpc) is 3.54. The first kappa shape index (κ1) is 23.4. The molecular weight excluding hydrogens is 462 g/mol. The summed E-state index contributed by atoms with van der Waals surface area (Å²) >= 11 is 0. The molecule has 1 saturated carbocycles. The van der Waals surface area contributed by atoms with Crippen LogP contribution in [-0.4, -0.2) is 22.0 Å². The van der Waals surface area contributed by atoms with Crippen LogP contribution in [0.25, 0.3) is 22.5 Å². The lowest BCUT2D eigenvalue weighted by atomic mass is 9.92. The zero-order valence-corrected chi connectivity index (χ0v) is 20.9. The Bertz CT molecular complexity index is 1480. The second-order valence-electron chi connectivity index (χ2n) is 10.5. The lowest BCUT2D eigenvalue weighted by Gasteiger charge is -2.11. The molecule has 4 aromatic rings. The van der Waals surface area contributed by atoms with Crippen LogP contribution in [0.2, 0.25) is 0 Å². The van der Waals surface area contributed by atoms with Crippen molar-refractivity contribution in [2.24, 2.45) is 0 Å². The zero-order valence-electron chi connectivity index (χ0n) is 20.9. The van der Waals surface area contributed by atoms with Gasteiger partial charge in [0.2, 0.25) is 0 Å². The van der Waals surface area contributed by atoms with E-state index in [1.165, 1.54) is 11.1 Å². The number of carboxylic acids is 1. The summed E-state index contributed by atoms with van der Waals surface area (Å²) in [7, 11) is 0. The van der Waals surface area contributed by atoms with Gasteiger partial charge in [-0.1, -0.05) is 78.0 Å². The van der Waals surface area contributed by atoms with E-state index in [0.717, 1.165) is 46.4 Å². The Labute approximate surface area is 216 Å². The van der Waals surface area contributed by atoms with Gasteiger partial charge in [-0.3, -0.25) is 9.59 Å². The van der Waals surface area contributed by atoms with E-state index >= 15 is 0 Å². The summed E-state index contributed by atoms with van der Waals surface area (Å²) in [6.07, 6.45) is 4.33. The minimum absolute atomic E-state index is 0.209.